The minimum Gasteiger partial charge on any atom is -0.337 e. The summed E-state index contributed by atoms with van der Waals surface area (Å²) in [5, 5.41) is 11.9. The van der Waals surface area contributed by atoms with Crippen molar-refractivity contribution in [3.63, 3.8) is 0 Å². The number of amides is 1. The minimum atomic E-state index is -0.0423. The van der Waals surface area contributed by atoms with Crippen molar-refractivity contribution in [2.75, 3.05) is 7.05 Å². The molecule has 4 aromatic rings. The van der Waals surface area contributed by atoms with E-state index in [9.17, 15) is 4.79 Å². The molecule has 0 aromatic carbocycles. The maximum Gasteiger partial charge on any atom is 0.254 e. The van der Waals surface area contributed by atoms with Gasteiger partial charge in [-0.25, -0.2) is 4.98 Å². The number of nitrogens with zero attached hydrogens (tertiary/aromatic N) is 6. The first kappa shape index (κ1) is 20.3. The standard InChI is InChI=1S/C22H26N6OS/c1-7-28-15(4)17(13(2)25-28)12-26(5)22(29)16-11-18(19-9-8-10-30-19)23-21-20(16)14(3)24-27(21)6/h8-11H,7,12H2,1-6H3. The van der Waals surface area contributed by atoms with Crippen LogP contribution in [0.25, 0.3) is 21.6 Å². The summed E-state index contributed by atoms with van der Waals surface area (Å²) < 4.78 is 3.73. The summed E-state index contributed by atoms with van der Waals surface area (Å²) in [6, 6.07) is 5.91. The van der Waals surface area contributed by atoms with Gasteiger partial charge in [0.2, 0.25) is 0 Å². The number of aryl methyl sites for hydroxylation is 4. The van der Waals surface area contributed by atoms with Gasteiger partial charge in [0.25, 0.3) is 5.91 Å². The fourth-order valence-electron chi connectivity index (χ4n) is 3.95. The summed E-state index contributed by atoms with van der Waals surface area (Å²) in [5.74, 6) is -0.0423. The second kappa shape index (κ2) is 7.68. The van der Waals surface area contributed by atoms with Gasteiger partial charge in [0.05, 0.1) is 32.9 Å². The molecule has 4 rings (SSSR count). The summed E-state index contributed by atoms with van der Waals surface area (Å²) in [6.07, 6.45) is 0. The first-order valence-corrected chi connectivity index (χ1v) is 10.9. The molecule has 4 heterocycles. The van der Waals surface area contributed by atoms with Gasteiger partial charge in [0, 0.05) is 38.4 Å². The fraction of sp³-hybridized carbons (Fsp3) is 0.364. The van der Waals surface area contributed by atoms with Gasteiger partial charge in [0.1, 0.15) is 0 Å². The maximum atomic E-state index is 13.6. The molecule has 7 nitrogen and oxygen atoms in total. The second-order valence-corrected chi connectivity index (χ2v) is 8.51. The Bertz CT molecular complexity index is 1230. The van der Waals surface area contributed by atoms with E-state index < -0.39 is 0 Å². The Hall–Kier alpha value is -3.00. The lowest BCUT2D eigenvalue weighted by Crippen LogP contribution is -2.27. The lowest BCUT2D eigenvalue weighted by Gasteiger charge is -2.19. The number of hydrogen-bond acceptors (Lipinski definition) is 5. The molecule has 8 heteroatoms. The van der Waals surface area contributed by atoms with E-state index in [1.54, 1.807) is 20.9 Å². The molecule has 0 atom stereocenters. The van der Waals surface area contributed by atoms with Crippen molar-refractivity contribution in [2.24, 2.45) is 7.05 Å². The van der Waals surface area contributed by atoms with Gasteiger partial charge in [-0.3, -0.25) is 14.2 Å². The van der Waals surface area contributed by atoms with Crippen molar-refractivity contribution in [3.05, 3.63) is 51.8 Å². The van der Waals surface area contributed by atoms with Crippen molar-refractivity contribution in [3.8, 4) is 10.6 Å². The number of hydrogen-bond donors (Lipinski definition) is 0. The van der Waals surface area contributed by atoms with Crippen LogP contribution < -0.4 is 0 Å². The molecule has 0 aliphatic carbocycles. The Morgan fingerprint density at radius 3 is 2.60 bits per heavy atom. The van der Waals surface area contributed by atoms with E-state index in [4.69, 9.17) is 4.98 Å². The van der Waals surface area contributed by atoms with Crippen molar-refractivity contribution < 1.29 is 4.79 Å². The van der Waals surface area contributed by atoms with E-state index in [0.717, 1.165) is 50.8 Å². The number of thiophene rings is 1. The van der Waals surface area contributed by atoms with E-state index in [1.807, 2.05) is 56.2 Å². The molecule has 0 spiro atoms. The van der Waals surface area contributed by atoms with Crippen molar-refractivity contribution in [1.82, 2.24) is 29.4 Å². The SMILES string of the molecule is CCn1nc(C)c(CN(C)C(=O)c2cc(-c3cccs3)nc3c2c(C)nn3C)c1C. The quantitative estimate of drug-likeness (QED) is 0.485. The Kier molecular flexibility index (Phi) is 5.19. The average molecular weight is 423 g/mol. The van der Waals surface area contributed by atoms with Crippen LogP contribution in [0, 0.1) is 20.8 Å². The van der Waals surface area contributed by atoms with Crippen LogP contribution in [-0.2, 0) is 20.1 Å². The maximum absolute atomic E-state index is 13.6. The van der Waals surface area contributed by atoms with E-state index in [0.29, 0.717) is 12.1 Å². The van der Waals surface area contributed by atoms with Gasteiger partial charge in [-0.15, -0.1) is 11.3 Å². The van der Waals surface area contributed by atoms with Gasteiger partial charge in [-0.05, 0) is 45.2 Å². The molecule has 0 aliphatic heterocycles. The van der Waals surface area contributed by atoms with E-state index in [-0.39, 0.29) is 5.91 Å². The first-order chi connectivity index (χ1) is 14.3. The van der Waals surface area contributed by atoms with Gasteiger partial charge >= 0.3 is 0 Å². The summed E-state index contributed by atoms with van der Waals surface area (Å²) in [4.78, 5) is 21.2. The fourth-order valence-corrected chi connectivity index (χ4v) is 4.64. The highest BCUT2D eigenvalue weighted by atomic mass is 32.1. The van der Waals surface area contributed by atoms with E-state index in [1.165, 1.54) is 0 Å². The predicted octanol–water partition coefficient (Wildman–Crippen LogP) is 4.11. The molecule has 0 aliphatic rings. The van der Waals surface area contributed by atoms with Gasteiger partial charge in [-0.2, -0.15) is 10.2 Å². The topological polar surface area (TPSA) is 68.8 Å². The zero-order valence-corrected chi connectivity index (χ0v) is 19.0. The van der Waals surface area contributed by atoms with Crippen molar-refractivity contribution in [1.29, 1.82) is 0 Å². The van der Waals surface area contributed by atoms with Crippen LogP contribution in [0.5, 0.6) is 0 Å². The lowest BCUT2D eigenvalue weighted by molar-refractivity contribution is 0.0786. The Labute approximate surface area is 180 Å². The van der Waals surface area contributed by atoms with Crippen LogP contribution in [0.15, 0.2) is 23.6 Å². The van der Waals surface area contributed by atoms with Gasteiger partial charge in [0.15, 0.2) is 5.65 Å². The van der Waals surface area contributed by atoms with Crippen LogP contribution >= 0.6 is 11.3 Å². The molecular formula is C22H26N6OS. The van der Waals surface area contributed by atoms with Gasteiger partial charge in [-0.1, -0.05) is 6.07 Å². The monoisotopic (exact) mass is 422 g/mol. The highest BCUT2D eigenvalue weighted by Gasteiger charge is 2.23. The van der Waals surface area contributed by atoms with Crippen LogP contribution in [-0.4, -0.2) is 42.4 Å². The minimum absolute atomic E-state index is 0.0423. The van der Waals surface area contributed by atoms with Crippen molar-refractivity contribution >= 4 is 28.3 Å². The third-order valence-electron chi connectivity index (χ3n) is 5.55. The van der Waals surface area contributed by atoms with Crippen molar-refractivity contribution in [2.45, 2.75) is 40.8 Å². The molecule has 0 saturated heterocycles. The van der Waals surface area contributed by atoms with Crippen LogP contribution in [0.4, 0.5) is 0 Å². The zero-order chi connectivity index (χ0) is 21.6. The highest BCUT2D eigenvalue weighted by molar-refractivity contribution is 7.13. The molecule has 0 bridgehead atoms. The van der Waals surface area contributed by atoms with Crippen LogP contribution in [0.3, 0.4) is 0 Å². The summed E-state index contributed by atoms with van der Waals surface area (Å²) >= 11 is 1.61. The smallest absolute Gasteiger partial charge is 0.254 e. The number of aromatic nitrogens is 5. The summed E-state index contributed by atoms with van der Waals surface area (Å²) in [6.45, 7) is 9.37. The largest absolute Gasteiger partial charge is 0.337 e. The van der Waals surface area contributed by atoms with Gasteiger partial charge < -0.3 is 4.90 Å². The summed E-state index contributed by atoms with van der Waals surface area (Å²) in [7, 11) is 3.71. The number of fused-ring (bicyclic) bond motifs is 1. The second-order valence-electron chi connectivity index (χ2n) is 7.57. The first-order valence-electron chi connectivity index (χ1n) is 9.98. The average Bonchev–Trinajstić information content (AvgIpc) is 3.42. The third kappa shape index (κ3) is 3.31. The Morgan fingerprint density at radius 1 is 1.20 bits per heavy atom. The third-order valence-corrected chi connectivity index (χ3v) is 6.44. The Morgan fingerprint density at radius 2 is 1.97 bits per heavy atom. The van der Waals surface area contributed by atoms with E-state index >= 15 is 0 Å². The number of carbonyl (C=O) groups excluding carboxylic acids is 1. The Balaban J connectivity index is 1.78. The molecule has 156 valence electrons. The molecule has 4 aromatic heterocycles. The molecular weight excluding hydrogens is 396 g/mol. The number of rotatable bonds is 5. The lowest BCUT2D eigenvalue weighted by atomic mass is 10.1. The molecule has 0 unspecified atom stereocenters. The number of pyridine rings is 1. The highest BCUT2D eigenvalue weighted by Crippen LogP contribution is 2.30. The molecule has 30 heavy (non-hydrogen) atoms. The van der Waals surface area contributed by atoms with E-state index in [2.05, 4.69) is 24.0 Å². The molecule has 0 saturated carbocycles. The summed E-state index contributed by atoms with van der Waals surface area (Å²) in [5.41, 5.74) is 6.12. The molecule has 1 amide bonds. The molecule has 0 radical (unpaired) electrons. The normalized spacial score (nSPS) is 11.4. The zero-order valence-electron chi connectivity index (χ0n) is 18.2. The molecule has 0 fully saturated rings. The molecule has 0 N–H and O–H groups in total. The van der Waals surface area contributed by atoms with Crippen LogP contribution in [0.1, 0.15) is 39.9 Å². The van der Waals surface area contributed by atoms with Crippen LogP contribution in [0.2, 0.25) is 0 Å². The number of carbonyl (C=O) groups is 1. The predicted molar refractivity (Wildman–Crippen MR) is 120 cm³/mol.